The molecule has 1 N–H and O–H groups in total. The Labute approximate surface area is 117 Å². The van der Waals surface area contributed by atoms with E-state index in [9.17, 15) is 0 Å². The Hall–Kier alpha value is -1.02. The highest BCUT2D eigenvalue weighted by Gasteiger charge is 2.26. The van der Waals surface area contributed by atoms with Gasteiger partial charge in [-0.25, -0.2) is 0 Å². The van der Waals surface area contributed by atoms with Crippen molar-refractivity contribution in [2.75, 3.05) is 25.0 Å². The maximum absolute atomic E-state index is 3.46. The second-order valence-corrected chi connectivity index (χ2v) is 6.23. The summed E-state index contributed by atoms with van der Waals surface area (Å²) in [4.78, 5) is 2.63. The zero-order chi connectivity index (χ0) is 13.2. The van der Waals surface area contributed by atoms with Crippen LogP contribution in [0.25, 0.3) is 0 Å². The summed E-state index contributed by atoms with van der Waals surface area (Å²) in [7, 11) is 2.10. The number of aryl methyl sites for hydroxylation is 1. The van der Waals surface area contributed by atoms with Crippen LogP contribution in [-0.2, 0) is 12.8 Å². The molecule has 1 aliphatic carbocycles. The number of piperidine rings is 1. The number of nitrogens with zero attached hydrogens (tertiary/aromatic N) is 1. The average molecular weight is 258 g/mol. The van der Waals surface area contributed by atoms with Crippen LogP contribution in [0.2, 0.25) is 0 Å². The van der Waals surface area contributed by atoms with Crippen LogP contribution in [0.4, 0.5) is 5.69 Å². The number of nitrogens with one attached hydrogen (secondary N) is 1. The molecule has 1 aromatic rings. The smallest absolute Gasteiger partial charge is 0.0401 e. The number of fused-ring (bicyclic) bond motifs is 1. The fourth-order valence-electron chi connectivity index (χ4n) is 3.85. The zero-order valence-electron chi connectivity index (χ0n) is 12.3. The van der Waals surface area contributed by atoms with Gasteiger partial charge in [-0.2, -0.15) is 0 Å². The van der Waals surface area contributed by atoms with E-state index in [1.165, 1.54) is 50.9 Å². The lowest BCUT2D eigenvalue weighted by atomic mass is 9.88. The lowest BCUT2D eigenvalue weighted by Crippen LogP contribution is -2.47. The molecule has 2 aliphatic rings. The van der Waals surface area contributed by atoms with Gasteiger partial charge >= 0.3 is 0 Å². The SMILES string of the molecule is CNC1CCN(c2cccc3c2CCCC3)CC1C. The highest BCUT2D eigenvalue weighted by atomic mass is 15.2. The first-order valence-corrected chi connectivity index (χ1v) is 7.82. The maximum Gasteiger partial charge on any atom is 0.0401 e. The van der Waals surface area contributed by atoms with Crippen LogP contribution in [0.3, 0.4) is 0 Å². The Morgan fingerprint density at radius 2 is 2.05 bits per heavy atom. The Bertz CT molecular complexity index is 441. The minimum Gasteiger partial charge on any atom is -0.371 e. The summed E-state index contributed by atoms with van der Waals surface area (Å²) in [6.45, 7) is 4.77. The third-order valence-electron chi connectivity index (χ3n) is 4.99. The first-order chi connectivity index (χ1) is 9.29. The van der Waals surface area contributed by atoms with Crippen LogP contribution in [0.15, 0.2) is 18.2 Å². The molecule has 0 aromatic heterocycles. The molecule has 0 amide bonds. The number of benzene rings is 1. The quantitative estimate of drug-likeness (QED) is 0.877. The second-order valence-electron chi connectivity index (χ2n) is 6.23. The Kier molecular flexibility index (Phi) is 3.79. The minimum absolute atomic E-state index is 0.691. The van der Waals surface area contributed by atoms with E-state index in [1.54, 1.807) is 11.1 Å². The summed E-state index contributed by atoms with van der Waals surface area (Å²) in [5, 5.41) is 3.46. The molecule has 1 aliphatic heterocycles. The summed E-state index contributed by atoms with van der Waals surface area (Å²) in [5.74, 6) is 0.734. The molecule has 0 spiro atoms. The van der Waals surface area contributed by atoms with Gasteiger partial charge in [-0.05, 0) is 62.3 Å². The third-order valence-corrected chi connectivity index (χ3v) is 4.99. The molecule has 2 heteroatoms. The highest BCUT2D eigenvalue weighted by Crippen LogP contribution is 2.32. The summed E-state index contributed by atoms with van der Waals surface area (Å²) in [6.07, 6.45) is 6.57. The van der Waals surface area contributed by atoms with Crippen LogP contribution < -0.4 is 10.2 Å². The molecule has 1 saturated heterocycles. The first kappa shape index (κ1) is 13.0. The molecule has 104 valence electrons. The lowest BCUT2D eigenvalue weighted by Gasteiger charge is -2.39. The second kappa shape index (κ2) is 5.54. The van der Waals surface area contributed by atoms with Gasteiger partial charge in [0.1, 0.15) is 0 Å². The Balaban J connectivity index is 1.83. The van der Waals surface area contributed by atoms with Crippen LogP contribution in [0.1, 0.15) is 37.3 Å². The van der Waals surface area contributed by atoms with E-state index in [0.717, 1.165) is 5.92 Å². The van der Waals surface area contributed by atoms with Gasteiger partial charge in [-0.15, -0.1) is 0 Å². The van der Waals surface area contributed by atoms with E-state index in [0.29, 0.717) is 6.04 Å². The predicted molar refractivity (Wildman–Crippen MR) is 81.9 cm³/mol. The van der Waals surface area contributed by atoms with E-state index in [1.807, 2.05) is 0 Å². The van der Waals surface area contributed by atoms with Gasteiger partial charge in [-0.1, -0.05) is 19.1 Å². The van der Waals surface area contributed by atoms with Crippen molar-refractivity contribution in [3.8, 4) is 0 Å². The number of hydrogen-bond donors (Lipinski definition) is 1. The topological polar surface area (TPSA) is 15.3 Å². The third kappa shape index (κ3) is 2.51. The molecule has 3 rings (SSSR count). The minimum atomic E-state index is 0.691. The maximum atomic E-state index is 3.46. The monoisotopic (exact) mass is 258 g/mol. The van der Waals surface area contributed by atoms with Gasteiger partial charge in [0.05, 0.1) is 0 Å². The Morgan fingerprint density at radius 1 is 1.21 bits per heavy atom. The van der Waals surface area contributed by atoms with Gasteiger partial charge < -0.3 is 10.2 Å². The molecule has 19 heavy (non-hydrogen) atoms. The zero-order valence-corrected chi connectivity index (χ0v) is 12.3. The fourth-order valence-corrected chi connectivity index (χ4v) is 3.85. The lowest BCUT2D eigenvalue weighted by molar-refractivity contribution is 0.338. The summed E-state index contributed by atoms with van der Waals surface area (Å²) < 4.78 is 0. The van der Waals surface area contributed by atoms with Crippen LogP contribution in [0, 0.1) is 5.92 Å². The molecule has 1 aromatic carbocycles. The van der Waals surface area contributed by atoms with Gasteiger partial charge in [0.25, 0.3) is 0 Å². The average Bonchev–Trinajstić information content (AvgIpc) is 2.46. The van der Waals surface area contributed by atoms with Crippen LogP contribution >= 0.6 is 0 Å². The van der Waals surface area contributed by atoms with Crippen molar-refractivity contribution < 1.29 is 0 Å². The van der Waals surface area contributed by atoms with Crippen molar-refractivity contribution in [2.24, 2.45) is 5.92 Å². The molecule has 2 atom stereocenters. The molecular weight excluding hydrogens is 232 g/mol. The van der Waals surface area contributed by atoms with Crippen molar-refractivity contribution in [2.45, 2.75) is 45.1 Å². The predicted octanol–water partition coefficient (Wildman–Crippen LogP) is 3.00. The molecule has 1 fully saturated rings. The van der Waals surface area contributed by atoms with Gasteiger partial charge in [-0.3, -0.25) is 0 Å². The van der Waals surface area contributed by atoms with Crippen molar-refractivity contribution in [3.05, 3.63) is 29.3 Å². The van der Waals surface area contributed by atoms with E-state index < -0.39 is 0 Å². The van der Waals surface area contributed by atoms with Crippen LogP contribution in [0.5, 0.6) is 0 Å². The summed E-state index contributed by atoms with van der Waals surface area (Å²) >= 11 is 0. The van der Waals surface area contributed by atoms with Gasteiger partial charge in [0.15, 0.2) is 0 Å². The van der Waals surface area contributed by atoms with Crippen molar-refractivity contribution >= 4 is 5.69 Å². The van der Waals surface area contributed by atoms with E-state index >= 15 is 0 Å². The largest absolute Gasteiger partial charge is 0.371 e. The standard InChI is InChI=1S/C17H26N2/c1-13-12-19(11-10-16(13)18-2)17-9-5-7-14-6-3-4-8-15(14)17/h5,7,9,13,16,18H,3-4,6,8,10-12H2,1-2H3. The Morgan fingerprint density at radius 3 is 2.84 bits per heavy atom. The molecule has 0 saturated carbocycles. The number of hydrogen-bond acceptors (Lipinski definition) is 2. The van der Waals surface area contributed by atoms with Gasteiger partial charge in [0, 0.05) is 24.8 Å². The molecule has 0 radical (unpaired) electrons. The van der Waals surface area contributed by atoms with E-state index in [4.69, 9.17) is 0 Å². The number of rotatable bonds is 2. The normalized spacial score (nSPS) is 27.2. The molecule has 2 nitrogen and oxygen atoms in total. The first-order valence-electron chi connectivity index (χ1n) is 7.82. The van der Waals surface area contributed by atoms with Crippen LogP contribution in [-0.4, -0.2) is 26.2 Å². The molecule has 2 unspecified atom stereocenters. The molecule has 1 heterocycles. The van der Waals surface area contributed by atoms with Gasteiger partial charge in [0.2, 0.25) is 0 Å². The van der Waals surface area contributed by atoms with Crippen molar-refractivity contribution in [1.29, 1.82) is 0 Å². The number of anilines is 1. The summed E-state index contributed by atoms with van der Waals surface area (Å²) in [5.41, 5.74) is 4.77. The summed E-state index contributed by atoms with van der Waals surface area (Å²) in [6, 6.07) is 7.63. The molecular formula is C17H26N2. The highest BCUT2D eigenvalue weighted by molar-refractivity contribution is 5.58. The van der Waals surface area contributed by atoms with Crippen molar-refractivity contribution in [3.63, 3.8) is 0 Å². The van der Waals surface area contributed by atoms with Crippen molar-refractivity contribution in [1.82, 2.24) is 5.32 Å². The van der Waals surface area contributed by atoms with E-state index in [2.05, 4.69) is 42.4 Å². The van der Waals surface area contributed by atoms with E-state index in [-0.39, 0.29) is 0 Å². The fraction of sp³-hybridized carbons (Fsp3) is 0.647. The molecule has 0 bridgehead atoms.